The van der Waals surface area contributed by atoms with E-state index in [9.17, 15) is 9.90 Å². The molecule has 0 spiro atoms. The number of carboxylic acid groups (broad SMARTS) is 1. The number of anilines is 1. The van der Waals surface area contributed by atoms with E-state index in [0.29, 0.717) is 17.5 Å². The molecule has 5 rings (SSSR count). The molecule has 2 aromatic heterocycles. The normalized spacial score (nSPS) is 30.8. The number of halogens is 1. The van der Waals surface area contributed by atoms with Crippen molar-refractivity contribution >= 4 is 34.4 Å². The maximum atomic E-state index is 11.6. The minimum absolute atomic E-state index is 0.125. The Bertz CT molecular complexity index is 976. The molecule has 0 radical (unpaired) electrons. The SMILES string of the molecule is CC1(C)O[C@@H]2[C@H](O1)[C@@H](C(=O)O)O[C@@H]2Cn1ncc2c(NC3CCCC3)nc(Cl)nc21. The Labute approximate surface area is 177 Å². The van der Waals surface area contributed by atoms with Crippen molar-refractivity contribution in [2.24, 2.45) is 0 Å². The molecule has 1 aliphatic carbocycles. The van der Waals surface area contributed by atoms with E-state index in [0.717, 1.165) is 18.2 Å². The van der Waals surface area contributed by atoms with E-state index in [1.807, 2.05) is 0 Å². The number of aromatic nitrogens is 4. The maximum absolute atomic E-state index is 11.6. The molecule has 4 heterocycles. The van der Waals surface area contributed by atoms with E-state index in [1.54, 1.807) is 24.7 Å². The van der Waals surface area contributed by atoms with Crippen LogP contribution in [0.1, 0.15) is 39.5 Å². The van der Waals surface area contributed by atoms with Crippen LogP contribution in [0.3, 0.4) is 0 Å². The Morgan fingerprint density at radius 1 is 1.30 bits per heavy atom. The molecule has 3 fully saturated rings. The van der Waals surface area contributed by atoms with Gasteiger partial charge in [-0.2, -0.15) is 15.1 Å². The molecule has 2 saturated heterocycles. The second-order valence-electron chi connectivity index (χ2n) is 8.53. The van der Waals surface area contributed by atoms with Crippen molar-refractivity contribution in [1.82, 2.24) is 19.7 Å². The summed E-state index contributed by atoms with van der Waals surface area (Å²) in [6, 6.07) is 0.365. The third-order valence-corrected chi connectivity index (χ3v) is 6.08. The fourth-order valence-electron chi connectivity index (χ4n) is 4.63. The van der Waals surface area contributed by atoms with E-state index in [2.05, 4.69) is 20.4 Å². The second-order valence-corrected chi connectivity index (χ2v) is 8.87. The lowest BCUT2D eigenvalue weighted by atomic mass is 10.1. The number of nitrogens with one attached hydrogen (secondary N) is 1. The largest absolute Gasteiger partial charge is 0.479 e. The first-order valence-corrected chi connectivity index (χ1v) is 10.6. The summed E-state index contributed by atoms with van der Waals surface area (Å²) < 4.78 is 19.1. The lowest BCUT2D eigenvalue weighted by molar-refractivity contribution is -0.195. The molecular formula is C19H24ClN5O5. The fourth-order valence-corrected chi connectivity index (χ4v) is 4.80. The predicted molar refractivity (Wildman–Crippen MR) is 106 cm³/mol. The molecule has 10 nitrogen and oxygen atoms in total. The summed E-state index contributed by atoms with van der Waals surface area (Å²) in [6.07, 6.45) is 3.44. The van der Waals surface area contributed by atoms with Crippen LogP contribution in [0.25, 0.3) is 11.0 Å². The third kappa shape index (κ3) is 3.51. The first kappa shape index (κ1) is 19.9. The summed E-state index contributed by atoms with van der Waals surface area (Å²) in [6.45, 7) is 3.78. The number of hydrogen-bond donors (Lipinski definition) is 2. The van der Waals surface area contributed by atoms with Crippen molar-refractivity contribution in [2.45, 2.75) is 82.3 Å². The number of nitrogens with zero attached hydrogens (tertiary/aromatic N) is 4. The molecule has 4 atom stereocenters. The molecule has 30 heavy (non-hydrogen) atoms. The molecule has 2 aromatic rings. The monoisotopic (exact) mass is 437 g/mol. The zero-order valence-electron chi connectivity index (χ0n) is 16.7. The summed E-state index contributed by atoms with van der Waals surface area (Å²) in [5.74, 6) is -1.29. The van der Waals surface area contributed by atoms with Gasteiger partial charge < -0.3 is 24.6 Å². The van der Waals surface area contributed by atoms with Gasteiger partial charge in [0.05, 0.1) is 18.1 Å². The Kier molecular flexibility index (Phi) is 4.85. The summed E-state index contributed by atoms with van der Waals surface area (Å²) in [4.78, 5) is 20.3. The number of ether oxygens (including phenoxy) is 3. The van der Waals surface area contributed by atoms with Gasteiger partial charge in [-0.15, -0.1) is 0 Å². The zero-order valence-corrected chi connectivity index (χ0v) is 17.5. The minimum atomic E-state index is -1.10. The van der Waals surface area contributed by atoms with Crippen LogP contribution in [0.4, 0.5) is 5.82 Å². The van der Waals surface area contributed by atoms with E-state index < -0.39 is 36.2 Å². The number of carboxylic acids is 1. The van der Waals surface area contributed by atoms with Crippen molar-refractivity contribution in [2.75, 3.05) is 5.32 Å². The molecule has 2 N–H and O–H groups in total. The van der Waals surface area contributed by atoms with Crippen LogP contribution < -0.4 is 5.32 Å². The fraction of sp³-hybridized carbons (Fsp3) is 0.684. The van der Waals surface area contributed by atoms with Crippen LogP contribution in [0, 0.1) is 0 Å². The molecular weight excluding hydrogens is 414 g/mol. The molecule has 162 valence electrons. The topological polar surface area (TPSA) is 121 Å². The first-order valence-electron chi connectivity index (χ1n) is 10.2. The van der Waals surface area contributed by atoms with Gasteiger partial charge in [-0.3, -0.25) is 0 Å². The molecule has 0 amide bonds. The van der Waals surface area contributed by atoms with Gasteiger partial charge in [0.2, 0.25) is 5.28 Å². The summed E-state index contributed by atoms with van der Waals surface area (Å²) in [7, 11) is 0. The minimum Gasteiger partial charge on any atom is -0.479 e. The highest BCUT2D eigenvalue weighted by Crippen LogP contribution is 2.39. The number of fused-ring (bicyclic) bond motifs is 2. The molecule has 0 aromatic carbocycles. The Hall–Kier alpha value is -2.01. The van der Waals surface area contributed by atoms with Gasteiger partial charge in [-0.05, 0) is 38.3 Å². The van der Waals surface area contributed by atoms with Crippen LogP contribution in [-0.4, -0.2) is 67.1 Å². The Morgan fingerprint density at radius 3 is 2.77 bits per heavy atom. The number of aliphatic carboxylic acids is 1. The smallest absolute Gasteiger partial charge is 0.335 e. The molecule has 0 unspecified atom stereocenters. The lowest BCUT2D eigenvalue weighted by Crippen LogP contribution is -2.35. The van der Waals surface area contributed by atoms with E-state index in [1.165, 1.54) is 12.8 Å². The van der Waals surface area contributed by atoms with Crippen LogP contribution in [0.5, 0.6) is 0 Å². The van der Waals surface area contributed by atoms with Crippen LogP contribution in [-0.2, 0) is 25.5 Å². The molecule has 3 aliphatic rings. The predicted octanol–water partition coefficient (Wildman–Crippen LogP) is 2.21. The van der Waals surface area contributed by atoms with Crippen molar-refractivity contribution < 1.29 is 24.1 Å². The lowest BCUT2D eigenvalue weighted by Gasteiger charge is -2.23. The average Bonchev–Trinajstić information content (AvgIpc) is 3.41. The van der Waals surface area contributed by atoms with E-state index >= 15 is 0 Å². The Balaban J connectivity index is 1.43. The van der Waals surface area contributed by atoms with Gasteiger partial charge in [-0.25, -0.2) is 9.48 Å². The first-order chi connectivity index (χ1) is 14.3. The highest BCUT2D eigenvalue weighted by Gasteiger charge is 2.57. The Morgan fingerprint density at radius 2 is 2.03 bits per heavy atom. The standard InChI is InChI=1S/C19H24ClN5O5/c1-19(2)29-12-11(28-14(17(26)27)13(12)30-19)8-25-16-10(7-21-25)15(23-18(20)24-16)22-9-5-3-4-6-9/h7,9,11-14H,3-6,8H2,1-2H3,(H,26,27)(H,22,23,24)/t11-,12+,13+,14+/m1/s1. The molecule has 11 heteroatoms. The van der Waals surface area contributed by atoms with Crippen molar-refractivity contribution in [3.63, 3.8) is 0 Å². The summed E-state index contributed by atoms with van der Waals surface area (Å²) in [5, 5.41) is 18.3. The number of rotatable bonds is 5. The second kappa shape index (κ2) is 7.30. The zero-order chi connectivity index (χ0) is 21.0. The van der Waals surface area contributed by atoms with Crippen molar-refractivity contribution in [3.8, 4) is 0 Å². The van der Waals surface area contributed by atoms with Gasteiger partial charge in [0.25, 0.3) is 0 Å². The average molecular weight is 438 g/mol. The van der Waals surface area contributed by atoms with Crippen LogP contribution in [0.15, 0.2) is 6.20 Å². The number of carbonyl (C=O) groups is 1. The maximum Gasteiger partial charge on any atom is 0.335 e. The third-order valence-electron chi connectivity index (χ3n) is 5.91. The van der Waals surface area contributed by atoms with Gasteiger partial charge >= 0.3 is 5.97 Å². The van der Waals surface area contributed by atoms with E-state index in [4.69, 9.17) is 25.8 Å². The molecule has 2 aliphatic heterocycles. The van der Waals surface area contributed by atoms with Crippen molar-refractivity contribution in [1.29, 1.82) is 0 Å². The van der Waals surface area contributed by atoms with Gasteiger partial charge in [0.1, 0.15) is 24.1 Å². The van der Waals surface area contributed by atoms with Gasteiger partial charge in [0.15, 0.2) is 17.5 Å². The quantitative estimate of drug-likeness (QED) is 0.678. The van der Waals surface area contributed by atoms with Gasteiger partial charge in [0, 0.05) is 6.04 Å². The molecule has 0 bridgehead atoms. The van der Waals surface area contributed by atoms with Crippen molar-refractivity contribution in [3.05, 3.63) is 11.5 Å². The van der Waals surface area contributed by atoms with Crippen LogP contribution in [0.2, 0.25) is 5.28 Å². The van der Waals surface area contributed by atoms with E-state index in [-0.39, 0.29) is 11.8 Å². The van der Waals surface area contributed by atoms with Crippen LogP contribution >= 0.6 is 11.6 Å². The highest BCUT2D eigenvalue weighted by atomic mass is 35.5. The highest BCUT2D eigenvalue weighted by molar-refractivity contribution is 6.28. The summed E-state index contributed by atoms with van der Waals surface area (Å²) in [5.41, 5.74) is 0.563. The van der Waals surface area contributed by atoms with Gasteiger partial charge in [-0.1, -0.05) is 12.8 Å². The summed E-state index contributed by atoms with van der Waals surface area (Å²) >= 11 is 6.19. The number of hydrogen-bond acceptors (Lipinski definition) is 8. The molecule has 1 saturated carbocycles.